The number of esters is 2. The molecule has 0 aliphatic rings. The van der Waals surface area contributed by atoms with Gasteiger partial charge in [-0.25, -0.2) is 9.59 Å². The average Bonchev–Trinajstić information content (AvgIpc) is 2.68. The summed E-state index contributed by atoms with van der Waals surface area (Å²) in [5.74, 6) is -0.925. The Hall–Kier alpha value is -2.41. The van der Waals surface area contributed by atoms with Crippen LogP contribution in [0, 0.1) is 0 Å². The quantitative estimate of drug-likeness (QED) is 0.625. The summed E-state index contributed by atoms with van der Waals surface area (Å²) in [4.78, 5) is 32.5. The molecule has 0 spiro atoms. The lowest BCUT2D eigenvalue weighted by Crippen LogP contribution is -2.02. The monoisotopic (exact) mass is 398 g/mol. The van der Waals surface area contributed by atoms with Gasteiger partial charge in [0.25, 0.3) is 0 Å². The second-order valence-corrected chi connectivity index (χ2v) is 5.62. The number of aliphatic hydroxyl groups is 1. The molecule has 0 saturated heterocycles. The molecule has 0 unspecified atom stereocenters. The normalized spacial score (nSPS) is 9.58. The van der Waals surface area contributed by atoms with E-state index in [1.807, 2.05) is 0 Å². The van der Waals surface area contributed by atoms with Crippen LogP contribution in [0.4, 0.5) is 0 Å². The Balaban J connectivity index is 0.000000260. The minimum atomic E-state index is -0.486. The number of hydrogen-bond donors (Lipinski definition) is 1. The van der Waals surface area contributed by atoms with Crippen LogP contribution in [0.5, 0.6) is 0 Å². The van der Waals surface area contributed by atoms with E-state index in [0.29, 0.717) is 33.0 Å². The highest BCUT2D eigenvalue weighted by atomic mass is 35.5. The molecule has 2 rings (SSSR count). The molecule has 0 aliphatic carbocycles. The molecule has 0 saturated carbocycles. The first-order valence-electron chi connectivity index (χ1n) is 7.18. The summed E-state index contributed by atoms with van der Waals surface area (Å²) >= 11 is 11.4. The van der Waals surface area contributed by atoms with Gasteiger partial charge in [-0.15, -0.1) is 0 Å². The van der Waals surface area contributed by atoms with Crippen molar-refractivity contribution in [2.75, 3.05) is 14.2 Å². The fourth-order valence-electron chi connectivity index (χ4n) is 1.82. The number of methoxy groups -OCH3 is 2. The Morgan fingerprint density at radius 2 is 1.46 bits per heavy atom. The fourth-order valence-corrected chi connectivity index (χ4v) is 2.16. The van der Waals surface area contributed by atoms with E-state index in [-0.39, 0.29) is 12.2 Å². The van der Waals surface area contributed by atoms with Crippen molar-refractivity contribution in [2.45, 2.75) is 6.61 Å². The van der Waals surface area contributed by atoms with Gasteiger partial charge in [0.15, 0.2) is 6.29 Å². The molecule has 8 heteroatoms. The molecule has 0 bridgehead atoms. The molecule has 0 amide bonds. The topological polar surface area (TPSA) is 89.9 Å². The van der Waals surface area contributed by atoms with Gasteiger partial charge < -0.3 is 14.6 Å². The van der Waals surface area contributed by atoms with Gasteiger partial charge in [0.1, 0.15) is 0 Å². The molecule has 2 aromatic rings. The van der Waals surface area contributed by atoms with Crippen LogP contribution >= 0.6 is 23.2 Å². The molecule has 0 heterocycles. The summed E-state index contributed by atoms with van der Waals surface area (Å²) in [5, 5.41) is 9.62. The van der Waals surface area contributed by atoms with Crippen molar-refractivity contribution in [3.63, 3.8) is 0 Å². The summed E-state index contributed by atoms with van der Waals surface area (Å²) in [6.45, 7) is -0.191. The van der Waals surface area contributed by atoms with Crippen LogP contribution in [0.3, 0.4) is 0 Å². The average molecular weight is 399 g/mol. The predicted octanol–water partition coefficient (Wildman–Crippen LogP) is 3.56. The summed E-state index contributed by atoms with van der Waals surface area (Å²) in [6, 6.07) is 8.99. The Morgan fingerprint density at radius 1 is 0.962 bits per heavy atom. The molecule has 138 valence electrons. The first kappa shape index (κ1) is 21.6. The van der Waals surface area contributed by atoms with Crippen LogP contribution in [-0.4, -0.2) is 37.6 Å². The van der Waals surface area contributed by atoms with Gasteiger partial charge in [-0.2, -0.15) is 0 Å². The van der Waals surface area contributed by atoms with Crippen LogP contribution in [0.1, 0.15) is 36.6 Å². The Kier molecular flexibility index (Phi) is 8.78. The molecule has 6 nitrogen and oxygen atoms in total. The van der Waals surface area contributed by atoms with E-state index in [4.69, 9.17) is 28.3 Å². The van der Waals surface area contributed by atoms with Crippen molar-refractivity contribution in [1.82, 2.24) is 0 Å². The summed E-state index contributed by atoms with van der Waals surface area (Å²) in [5.41, 5.74) is 1.50. The van der Waals surface area contributed by atoms with Crippen molar-refractivity contribution in [3.8, 4) is 0 Å². The number of aldehydes is 1. The predicted molar refractivity (Wildman–Crippen MR) is 96.9 cm³/mol. The second kappa shape index (κ2) is 10.6. The maximum Gasteiger partial charge on any atom is 0.337 e. The highest BCUT2D eigenvalue weighted by Gasteiger charge is 2.08. The largest absolute Gasteiger partial charge is 0.465 e. The molecular weight excluding hydrogens is 383 g/mol. The number of carbonyl (C=O) groups is 3. The third-order valence-electron chi connectivity index (χ3n) is 3.18. The van der Waals surface area contributed by atoms with E-state index in [1.54, 1.807) is 12.1 Å². The highest BCUT2D eigenvalue weighted by Crippen LogP contribution is 2.18. The molecule has 26 heavy (non-hydrogen) atoms. The van der Waals surface area contributed by atoms with Crippen LogP contribution in [0.15, 0.2) is 36.4 Å². The maximum absolute atomic E-state index is 11.0. The van der Waals surface area contributed by atoms with Crippen molar-refractivity contribution in [1.29, 1.82) is 0 Å². The van der Waals surface area contributed by atoms with E-state index >= 15 is 0 Å². The van der Waals surface area contributed by atoms with Gasteiger partial charge in [0, 0.05) is 10.6 Å². The second-order valence-electron chi connectivity index (χ2n) is 4.80. The summed E-state index contributed by atoms with van der Waals surface area (Å²) < 4.78 is 8.99. The maximum atomic E-state index is 11.0. The zero-order chi connectivity index (χ0) is 19.7. The molecule has 2 aromatic carbocycles. The van der Waals surface area contributed by atoms with E-state index in [1.165, 1.54) is 38.5 Å². The van der Waals surface area contributed by atoms with E-state index in [9.17, 15) is 14.4 Å². The summed E-state index contributed by atoms with van der Waals surface area (Å²) in [7, 11) is 2.58. The number of halogens is 2. The van der Waals surface area contributed by atoms with Gasteiger partial charge in [-0.3, -0.25) is 4.79 Å². The van der Waals surface area contributed by atoms with Gasteiger partial charge in [-0.1, -0.05) is 23.2 Å². The lowest BCUT2D eigenvalue weighted by atomic mass is 10.1. The zero-order valence-electron chi connectivity index (χ0n) is 14.0. The van der Waals surface area contributed by atoms with Gasteiger partial charge >= 0.3 is 11.9 Å². The smallest absolute Gasteiger partial charge is 0.337 e. The molecule has 0 atom stereocenters. The molecule has 1 N–H and O–H groups in total. The van der Waals surface area contributed by atoms with Crippen LogP contribution in [-0.2, 0) is 16.1 Å². The lowest BCUT2D eigenvalue weighted by molar-refractivity contribution is 0.0591. The lowest BCUT2D eigenvalue weighted by Gasteiger charge is -2.03. The Morgan fingerprint density at radius 3 is 1.92 bits per heavy atom. The van der Waals surface area contributed by atoms with Crippen LogP contribution < -0.4 is 0 Å². The van der Waals surface area contributed by atoms with E-state index in [0.717, 1.165) is 0 Å². The van der Waals surface area contributed by atoms with Crippen LogP contribution in [0.25, 0.3) is 0 Å². The SMILES string of the molecule is COC(=O)c1ccc(Cl)c(C=O)c1.COC(=O)c1ccc(Cl)c(CO)c1. The van der Waals surface area contributed by atoms with Crippen molar-refractivity contribution in [2.24, 2.45) is 0 Å². The zero-order valence-corrected chi connectivity index (χ0v) is 15.5. The third kappa shape index (κ3) is 5.84. The first-order chi connectivity index (χ1) is 12.4. The number of carbonyl (C=O) groups excluding carboxylic acids is 3. The number of ether oxygens (including phenoxy) is 2. The number of rotatable bonds is 4. The van der Waals surface area contributed by atoms with E-state index in [2.05, 4.69) is 9.47 Å². The minimum Gasteiger partial charge on any atom is -0.465 e. The van der Waals surface area contributed by atoms with E-state index < -0.39 is 11.9 Å². The third-order valence-corrected chi connectivity index (χ3v) is 3.89. The molecular formula is C18H16Cl2O6. The fraction of sp³-hybridized carbons (Fsp3) is 0.167. The first-order valence-corrected chi connectivity index (χ1v) is 7.94. The Bertz CT molecular complexity index is 804. The van der Waals surface area contributed by atoms with Gasteiger partial charge in [0.2, 0.25) is 0 Å². The van der Waals surface area contributed by atoms with Crippen molar-refractivity contribution >= 4 is 41.4 Å². The number of benzene rings is 2. The van der Waals surface area contributed by atoms with Crippen molar-refractivity contribution < 1.29 is 29.0 Å². The van der Waals surface area contributed by atoms with Gasteiger partial charge in [0.05, 0.1) is 37.0 Å². The Labute approximate surface area is 160 Å². The number of hydrogen-bond acceptors (Lipinski definition) is 6. The molecule has 0 aromatic heterocycles. The highest BCUT2D eigenvalue weighted by molar-refractivity contribution is 6.33. The molecule has 0 fully saturated rings. The van der Waals surface area contributed by atoms with Gasteiger partial charge in [-0.05, 0) is 42.0 Å². The molecule has 0 aliphatic heterocycles. The standard InChI is InChI=1S/C9H9ClO3.C9H7ClO3/c2*1-13-9(12)6-2-3-8(10)7(4-6)5-11/h2-4,11H,5H2,1H3;2-5H,1H3. The van der Waals surface area contributed by atoms with Crippen LogP contribution in [0.2, 0.25) is 10.0 Å². The molecule has 0 radical (unpaired) electrons. The summed E-state index contributed by atoms with van der Waals surface area (Å²) in [6.07, 6.45) is 0.592. The van der Waals surface area contributed by atoms with Crippen molar-refractivity contribution in [3.05, 3.63) is 68.7 Å². The number of aliphatic hydroxyl groups excluding tert-OH is 1. The minimum absolute atomic E-state index is 0.191.